The average Bonchev–Trinajstić information content (AvgIpc) is 3.35. The van der Waals surface area contributed by atoms with Crippen LogP contribution in [0.1, 0.15) is 47.3 Å². The number of hydrogen-bond acceptors (Lipinski definition) is 5. The van der Waals surface area contributed by atoms with Crippen molar-refractivity contribution in [1.82, 2.24) is 15.6 Å². The summed E-state index contributed by atoms with van der Waals surface area (Å²) in [5, 5.41) is 7.46. The van der Waals surface area contributed by atoms with E-state index in [0.29, 0.717) is 23.8 Å². The standard InChI is InChI=1S/C19H23N3O3S/c23-17(9-11-20-18(24)16-8-4-12-26-16)22-13-14-5-3-10-21-19(14)25-15-6-1-2-7-15/h3-5,8,10,12,15H,1-2,6-7,9,11,13H2,(H,20,24)(H,22,23). The Bertz CT molecular complexity index is 727. The Morgan fingerprint density at radius 2 is 2.04 bits per heavy atom. The van der Waals surface area contributed by atoms with Gasteiger partial charge in [-0.15, -0.1) is 11.3 Å². The van der Waals surface area contributed by atoms with Crippen LogP contribution in [0.25, 0.3) is 0 Å². The molecule has 7 heteroatoms. The lowest BCUT2D eigenvalue weighted by atomic mass is 10.2. The van der Waals surface area contributed by atoms with Gasteiger partial charge < -0.3 is 15.4 Å². The number of rotatable bonds is 8. The first kappa shape index (κ1) is 18.4. The van der Waals surface area contributed by atoms with Crippen LogP contribution in [0, 0.1) is 0 Å². The van der Waals surface area contributed by atoms with Crippen molar-refractivity contribution < 1.29 is 14.3 Å². The van der Waals surface area contributed by atoms with Crippen molar-refractivity contribution in [3.63, 3.8) is 0 Å². The van der Waals surface area contributed by atoms with Gasteiger partial charge in [-0.2, -0.15) is 0 Å². The summed E-state index contributed by atoms with van der Waals surface area (Å²) < 4.78 is 5.97. The smallest absolute Gasteiger partial charge is 0.261 e. The molecule has 3 rings (SSSR count). The summed E-state index contributed by atoms with van der Waals surface area (Å²) in [5.74, 6) is 0.338. The third-order valence-corrected chi connectivity index (χ3v) is 5.16. The molecule has 0 aliphatic heterocycles. The second-order valence-corrected chi connectivity index (χ2v) is 7.20. The Balaban J connectivity index is 1.42. The van der Waals surface area contributed by atoms with Crippen LogP contribution in [0.3, 0.4) is 0 Å². The average molecular weight is 373 g/mol. The molecule has 0 bridgehead atoms. The van der Waals surface area contributed by atoms with Gasteiger partial charge in [-0.25, -0.2) is 4.98 Å². The second-order valence-electron chi connectivity index (χ2n) is 6.25. The van der Waals surface area contributed by atoms with Crippen LogP contribution >= 0.6 is 11.3 Å². The third kappa shape index (κ3) is 5.29. The monoisotopic (exact) mass is 373 g/mol. The maximum Gasteiger partial charge on any atom is 0.261 e. The van der Waals surface area contributed by atoms with Crippen molar-refractivity contribution >= 4 is 23.2 Å². The highest BCUT2D eigenvalue weighted by Gasteiger charge is 2.18. The number of thiophene rings is 1. The summed E-state index contributed by atoms with van der Waals surface area (Å²) in [7, 11) is 0. The Labute approximate surface area is 157 Å². The van der Waals surface area contributed by atoms with Gasteiger partial charge in [-0.1, -0.05) is 12.1 Å². The van der Waals surface area contributed by atoms with Gasteiger partial charge >= 0.3 is 0 Å². The highest BCUT2D eigenvalue weighted by molar-refractivity contribution is 7.12. The van der Waals surface area contributed by atoms with Crippen LogP contribution in [-0.4, -0.2) is 29.4 Å². The maximum atomic E-state index is 12.0. The van der Waals surface area contributed by atoms with Gasteiger partial charge in [0.2, 0.25) is 11.8 Å². The lowest BCUT2D eigenvalue weighted by Crippen LogP contribution is -2.30. The number of carbonyl (C=O) groups excluding carboxylic acids is 2. The van der Waals surface area contributed by atoms with E-state index in [1.165, 1.54) is 24.2 Å². The minimum absolute atomic E-state index is 0.118. The van der Waals surface area contributed by atoms with Gasteiger partial charge in [0, 0.05) is 31.3 Å². The van der Waals surface area contributed by atoms with E-state index >= 15 is 0 Å². The normalized spacial score (nSPS) is 14.2. The molecule has 0 saturated heterocycles. The van der Waals surface area contributed by atoms with Crippen molar-refractivity contribution in [3.8, 4) is 5.88 Å². The lowest BCUT2D eigenvalue weighted by Gasteiger charge is -2.15. The minimum Gasteiger partial charge on any atom is -0.474 e. The molecule has 0 atom stereocenters. The van der Waals surface area contributed by atoms with E-state index in [9.17, 15) is 9.59 Å². The SMILES string of the molecule is O=C(CCNC(=O)c1cccs1)NCc1cccnc1OC1CCCC1. The molecule has 0 spiro atoms. The summed E-state index contributed by atoms with van der Waals surface area (Å²) in [5.41, 5.74) is 0.871. The molecule has 1 fully saturated rings. The third-order valence-electron chi connectivity index (χ3n) is 4.29. The van der Waals surface area contributed by atoms with Crippen molar-refractivity contribution in [2.75, 3.05) is 6.54 Å². The van der Waals surface area contributed by atoms with Gasteiger partial charge in [0.15, 0.2) is 0 Å². The van der Waals surface area contributed by atoms with Crippen molar-refractivity contribution in [2.45, 2.75) is 44.8 Å². The lowest BCUT2D eigenvalue weighted by molar-refractivity contribution is -0.121. The summed E-state index contributed by atoms with van der Waals surface area (Å²) >= 11 is 1.38. The summed E-state index contributed by atoms with van der Waals surface area (Å²) in [6.45, 7) is 0.675. The van der Waals surface area contributed by atoms with E-state index in [4.69, 9.17) is 4.74 Å². The van der Waals surface area contributed by atoms with Crippen LogP contribution < -0.4 is 15.4 Å². The highest BCUT2D eigenvalue weighted by atomic mass is 32.1. The van der Waals surface area contributed by atoms with Gasteiger partial charge in [-0.05, 0) is 43.2 Å². The first-order chi connectivity index (χ1) is 12.7. The van der Waals surface area contributed by atoms with Crippen LogP contribution in [0.4, 0.5) is 0 Å². The summed E-state index contributed by atoms with van der Waals surface area (Å²) in [6.07, 6.45) is 6.68. The summed E-state index contributed by atoms with van der Waals surface area (Å²) in [4.78, 5) is 28.8. The zero-order valence-corrected chi connectivity index (χ0v) is 15.4. The van der Waals surface area contributed by atoms with Crippen LogP contribution in [0.15, 0.2) is 35.8 Å². The Kier molecular flexibility index (Phi) is 6.60. The zero-order chi connectivity index (χ0) is 18.2. The fourth-order valence-corrected chi connectivity index (χ4v) is 3.54. The Morgan fingerprint density at radius 3 is 2.81 bits per heavy atom. The van der Waals surface area contributed by atoms with E-state index < -0.39 is 0 Å². The quantitative estimate of drug-likeness (QED) is 0.746. The second kappa shape index (κ2) is 9.33. The Morgan fingerprint density at radius 1 is 1.19 bits per heavy atom. The maximum absolute atomic E-state index is 12.0. The molecule has 0 radical (unpaired) electrons. The highest BCUT2D eigenvalue weighted by Crippen LogP contribution is 2.24. The molecule has 138 valence electrons. The topological polar surface area (TPSA) is 80.3 Å². The molecular weight excluding hydrogens is 350 g/mol. The number of ether oxygens (including phenoxy) is 1. The van der Waals surface area contributed by atoms with Crippen molar-refractivity contribution in [3.05, 3.63) is 46.3 Å². The van der Waals surface area contributed by atoms with Gasteiger partial charge in [0.25, 0.3) is 5.91 Å². The van der Waals surface area contributed by atoms with E-state index in [1.807, 2.05) is 23.6 Å². The fourth-order valence-electron chi connectivity index (χ4n) is 2.90. The largest absolute Gasteiger partial charge is 0.474 e. The predicted octanol–water partition coefficient (Wildman–Crippen LogP) is 2.90. The molecule has 0 unspecified atom stereocenters. The molecular formula is C19H23N3O3S. The van der Waals surface area contributed by atoms with Crippen molar-refractivity contribution in [2.24, 2.45) is 0 Å². The fraction of sp³-hybridized carbons (Fsp3) is 0.421. The van der Waals surface area contributed by atoms with Crippen LogP contribution in [0.2, 0.25) is 0 Å². The number of nitrogens with one attached hydrogen (secondary N) is 2. The molecule has 1 aliphatic carbocycles. The Hall–Kier alpha value is -2.41. The number of pyridine rings is 1. The zero-order valence-electron chi connectivity index (χ0n) is 14.6. The molecule has 26 heavy (non-hydrogen) atoms. The van der Waals surface area contributed by atoms with Crippen LogP contribution in [0.5, 0.6) is 5.88 Å². The minimum atomic E-state index is -0.146. The van der Waals surface area contributed by atoms with Gasteiger partial charge in [0.05, 0.1) is 4.88 Å². The molecule has 1 aliphatic rings. The number of aromatic nitrogens is 1. The first-order valence-electron chi connectivity index (χ1n) is 8.91. The number of amides is 2. The van der Waals surface area contributed by atoms with Gasteiger partial charge in [-0.3, -0.25) is 9.59 Å². The van der Waals surface area contributed by atoms with E-state index in [1.54, 1.807) is 12.3 Å². The summed E-state index contributed by atoms with van der Waals surface area (Å²) in [6, 6.07) is 7.33. The number of nitrogens with zero attached hydrogens (tertiary/aromatic N) is 1. The number of hydrogen-bond donors (Lipinski definition) is 2. The van der Waals surface area contributed by atoms with Gasteiger partial charge in [0.1, 0.15) is 6.10 Å². The molecule has 6 nitrogen and oxygen atoms in total. The van der Waals surface area contributed by atoms with E-state index in [2.05, 4.69) is 15.6 Å². The predicted molar refractivity (Wildman–Crippen MR) is 100 cm³/mol. The molecule has 0 aromatic carbocycles. The van der Waals surface area contributed by atoms with Crippen LogP contribution in [-0.2, 0) is 11.3 Å². The number of carbonyl (C=O) groups is 2. The first-order valence-corrected chi connectivity index (χ1v) is 9.79. The molecule has 1 saturated carbocycles. The molecule has 2 heterocycles. The molecule has 2 N–H and O–H groups in total. The molecule has 2 aromatic heterocycles. The van der Waals surface area contributed by atoms with E-state index in [-0.39, 0.29) is 24.3 Å². The molecule has 2 aromatic rings. The van der Waals surface area contributed by atoms with Crippen molar-refractivity contribution in [1.29, 1.82) is 0 Å². The van der Waals surface area contributed by atoms with E-state index in [0.717, 1.165) is 18.4 Å². The molecule has 2 amide bonds.